The van der Waals surface area contributed by atoms with Crippen LogP contribution in [0.15, 0.2) is 54.6 Å². The molecule has 1 fully saturated rings. The van der Waals surface area contributed by atoms with Gasteiger partial charge < -0.3 is 10.1 Å². The van der Waals surface area contributed by atoms with Crippen molar-refractivity contribution in [2.45, 2.75) is 18.8 Å². The minimum atomic E-state index is -0.191. The number of benzene rings is 2. The number of nitrogens with one attached hydrogen (secondary N) is 2. The average molecular weight is 354 g/mol. The highest BCUT2D eigenvalue weighted by Gasteiger charge is 2.26. The van der Waals surface area contributed by atoms with Gasteiger partial charge in [0, 0.05) is 22.6 Å². The molecule has 3 aromatic rings. The van der Waals surface area contributed by atoms with Crippen LogP contribution in [0.5, 0.6) is 11.5 Å². The number of carbonyl (C=O) groups excluding carboxylic acids is 1. The van der Waals surface area contributed by atoms with Gasteiger partial charge in [0.1, 0.15) is 17.3 Å². The summed E-state index contributed by atoms with van der Waals surface area (Å²) in [6, 6.07) is 16.0. The summed E-state index contributed by atoms with van der Waals surface area (Å²) in [6.45, 7) is 0. The van der Waals surface area contributed by atoms with E-state index in [1.54, 1.807) is 48.5 Å². The van der Waals surface area contributed by atoms with Gasteiger partial charge in [-0.2, -0.15) is 5.10 Å². The summed E-state index contributed by atoms with van der Waals surface area (Å²) in [7, 11) is 0. The van der Waals surface area contributed by atoms with Crippen LogP contribution in [-0.2, 0) is 0 Å². The van der Waals surface area contributed by atoms with Crippen LogP contribution in [0.4, 0.5) is 5.82 Å². The standard InChI is InChI=1S/C19H16ClN3O2/c20-14-5-9-16(10-6-14)25-15-7-3-13(4-8-15)19(24)21-18-11-17(22-23-18)12-1-2-12/h3-12H,1-2H2,(H2,21,22,23,24). The number of rotatable bonds is 5. The van der Waals surface area contributed by atoms with Crippen LogP contribution in [0.25, 0.3) is 0 Å². The van der Waals surface area contributed by atoms with Crippen LogP contribution in [0.1, 0.15) is 34.8 Å². The van der Waals surface area contributed by atoms with Crippen LogP contribution in [-0.4, -0.2) is 16.1 Å². The Hall–Kier alpha value is -2.79. The molecule has 0 spiro atoms. The van der Waals surface area contributed by atoms with Gasteiger partial charge >= 0.3 is 0 Å². The highest BCUT2D eigenvalue weighted by Crippen LogP contribution is 2.39. The molecule has 0 atom stereocenters. The van der Waals surface area contributed by atoms with E-state index in [1.807, 2.05) is 6.07 Å². The van der Waals surface area contributed by atoms with E-state index >= 15 is 0 Å². The number of hydrogen-bond acceptors (Lipinski definition) is 3. The summed E-state index contributed by atoms with van der Waals surface area (Å²) in [5.74, 6) is 2.31. The maximum absolute atomic E-state index is 12.3. The molecule has 0 radical (unpaired) electrons. The highest BCUT2D eigenvalue weighted by molar-refractivity contribution is 6.30. The smallest absolute Gasteiger partial charge is 0.256 e. The Morgan fingerprint density at radius 1 is 1.08 bits per heavy atom. The highest BCUT2D eigenvalue weighted by atomic mass is 35.5. The summed E-state index contributed by atoms with van der Waals surface area (Å²) in [4.78, 5) is 12.3. The molecule has 0 aliphatic heterocycles. The van der Waals surface area contributed by atoms with Crippen molar-refractivity contribution in [3.8, 4) is 11.5 Å². The van der Waals surface area contributed by atoms with Crippen molar-refractivity contribution in [1.82, 2.24) is 10.2 Å². The SMILES string of the molecule is O=C(Nc1cc(C2CC2)n[nH]1)c1ccc(Oc2ccc(Cl)cc2)cc1. The second-order valence-electron chi connectivity index (χ2n) is 6.02. The van der Waals surface area contributed by atoms with E-state index in [2.05, 4.69) is 15.5 Å². The molecule has 2 N–H and O–H groups in total. The molecule has 126 valence electrons. The number of H-pyrrole nitrogens is 1. The lowest BCUT2D eigenvalue weighted by Crippen LogP contribution is -2.11. The van der Waals surface area contributed by atoms with E-state index in [4.69, 9.17) is 16.3 Å². The molecular weight excluding hydrogens is 338 g/mol. The third kappa shape index (κ3) is 3.83. The Labute approximate surface area is 150 Å². The van der Waals surface area contributed by atoms with Crippen LogP contribution in [0.3, 0.4) is 0 Å². The van der Waals surface area contributed by atoms with Gasteiger partial charge in [-0.15, -0.1) is 0 Å². The maximum Gasteiger partial charge on any atom is 0.256 e. The van der Waals surface area contributed by atoms with E-state index in [0.717, 1.165) is 5.69 Å². The molecule has 1 aliphatic rings. The van der Waals surface area contributed by atoms with E-state index in [9.17, 15) is 4.79 Å². The maximum atomic E-state index is 12.3. The second-order valence-corrected chi connectivity index (χ2v) is 6.45. The summed E-state index contributed by atoms with van der Waals surface area (Å²) >= 11 is 5.85. The van der Waals surface area contributed by atoms with Crippen molar-refractivity contribution in [3.05, 3.63) is 70.9 Å². The van der Waals surface area contributed by atoms with Crippen molar-refractivity contribution in [1.29, 1.82) is 0 Å². The number of nitrogens with zero attached hydrogens (tertiary/aromatic N) is 1. The molecule has 0 unspecified atom stereocenters. The van der Waals surface area contributed by atoms with Gasteiger partial charge in [-0.05, 0) is 61.4 Å². The Balaban J connectivity index is 1.40. The van der Waals surface area contributed by atoms with Gasteiger partial charge in [-0.1, -0.05) is 11.6 Å². The van der Waals surface area contributed by atoms with Crippen molar-refractivity contribution in [2.24, 2.45) is 0 Å². The Bertz CT molecular complexity index is 884. The molecule has 2 aromatic carbocycles. The van der Waals surface area contributed by atoms with Gasteiger partial charge in [0.2, 0.25) is 0 Å². The molecular formula is C19H16ClN3O2. The number of amides is 1. The van der Waals surface area contributed by atoms with Crippen LogP contribution in [0, 0.1) is 0 Å². The molecule has 1 aliphatic carbocycles. The monoisotopic (exact) mass is 353 g/mol. The fourth-order valence-corrected chi connectivity index (χ4v) is 2.62. The van der Waals surface area contributed by atoms with E-state index < -0.39 is 0 Å². The zero-order valence-corrected chi connectivity index (χ0v) is 14.1. The number of halogens is 1. The molecule has 5 nitrogen and oxygen atoms in total. The first-order valence-corrected chi connectivity index (χ1v) is 8.45. The molecule has 0 bridgehead atoms. The molecule has 25 heavy (non-hydrogen) atoms. The summed E-state index contributed by atoms with van der Waals surface area (Å²) in [6.07, 6.45) is 2.35. The third-order valence-electron chi connectivity index (χ3n) is 4.01. The van der Waals surface area contributed by atoms with Crippen molar-refractivity contribution in [3.63, 3.8) is 0 Å². The zero-order chi connectivity index (χ0) is 17.2. The minimum Gasteiger partial charge on any atom is -0.457 e. The van der Waals surface area contributed by atoms with E-state index in [0.29, 0.717) is 33.8 Å². The molecule has 1 aromatic heterocycles. The fourth-order valence-electron chi connectivity index (χ4n) is 2.50. The number of carbonyl (C=O) groups is 1. The average Bonchev–Trinajstić information content (AvgIpc) is 3.37. The Morgan fingerprint density at radius 2 is 1.72 bits per heavy atom. The lowest BCUT2D eigenvalue weighted by molar-refractivity contribution is 0.102. The van der Waals surface area contributed by atoms with E-state index in [1.165, 1.54) is 12.8 Å². The van der Waals surface area contributed by atoms with Crippen LogP contribution < -0.4 is 10.1 Å². The largest absolute Gasteiger partial charge is 0.457 e. The fraction of sp³-hybridized carbons (Fsp3) is 0.158. The molecule has 4 rings (SSSR count). The lowest BCUT2D eigenvalue weighted by atomic mass is 10.2. The van der Waals surface area contributed by atoms with Gasteiger partial charge in [-0.3, -0.25) is 9.89 Å². The minimum absolute atomic E-state index is 0.191. The quantitative estimate of drug-likeness (QED) is 0.679. The van der Waals surface area contributed by atoms with Gasteiger partial charge in [0.15, 0.2) is 0 Å². The second kappa shape index (κ2) is 6.61. The third-order valence-corrected chi connectivity index (χ3v) is 4.26. The zero-order valence-electron chi connectivity index (χ0n) is 13.3. The van der Waals surface area contributed by atoms with Crippen molar-refractivity contribution < 1.29 is 9.53 Å². The van der Waals surface area contributed by atoms with Gasteiger partial charge in [0.05, 0.1) is 5.69 Å². The topological polar surface area (TPSA) is 67.0 Å². The number of aromatic nitrogens is 2. The molecule has 0 saturated heterocycles. The number of hydrogen-bond donors (Lipinski definition) is 2. The normalized spacial score (nSPS) is 13.5. The Morgan fingerprint density at radius 3 is 2.36 bits per heavy atom. The summed E-state index contributed by atoms with van der Waals surface area (Å²) in [5, 5.41) is 10.6. The first-order valence-electron chi connectivity index (χ1n) is 8.07. The number of ether oxygens (including phenoxy) is 1. The molecule has 6 heteroatoms. The summed E-state index contributed by atoms with van der Waals surface area (Å²) in [5.41, 5.74) is 1.56. The predicted octanol–water partition coefficient (Wildman–Crippen LogP) is 4.99. The van der Waals surface area contributed by atoms with Crippen molar-refractivity contribution >= 4 is 23.3 Å². The van der Waals surface area contributed by atoms with Crippen molar-refractivity contribution in [2.75, 3.05) is 5.32 Å². The number of aromatic amines is 1. The first-order chi connectivity index (χ1) is 12.2. The lowest BCUT2D eigenvalue weighted by Gasteiger charge is -2.07. The van der Waals surface area contributed by atoms with Gasteiger partial charge in [-0.25, -0.2) is 0 Å². The molecule has 1 heterocycles. The van der Waals surface area contributed by atoms with Crippen LogP contribution in [0.2, 0.25) is 5.02 Å². The summed E-state index contributed by atoms with van der Waals surface area (Å²) < 4.78 is 5.72. The van der Waals surface area contributed by atoms with E-state index in [-0.39, 0.29) is 5.91 Å². The first kappa shape index (κ1) is 15.7. The molecule has 1 amide bonds. The van der Waals surface area contributed by atoms with Crippen LogP contribution >= 0.6 is 11.6 Å². The Kier molecular flexibility index (Phi) is 4.15. The van der Waals surface area contributed by atoms with Gasteiger partial charge in [0.25, 0.3) is 5.91 Å². The number of anilines is 1. The predicted molar refractivity (Wildman–Crippen MR) is 96.5 cm³/mol. The molecule has 1 saturated carbocycles.